The van der Waals surface area contributed by atoms with Gasteiger partial charge in [0.2, 0.25) is 0 Å². The van der Waals surface area contributed by atoms with Crippen LogP contribution in [0.15, 0.2) is 37.1 Å². The maximum Gasteiger partial charge on any atom is 0.0952 e. The Morgan fingerprint density at radius 1 is 1.58 bits per heavy atom. The molecule has 2 aromatic rings. The molecule has 0 aliphatic carbocycles. The third-order valence-electron chi connectivity index (χ3n) is 2.04. The molecule has 0 aromatic carbocycles. The number of nitrogens with one attached hydrogen (secondary N) is 1. The molecule has 1 N–H and O–H groups in total. The zero-order valence-corrected chi connectivity index (χ0v) is 6.94. The quantitative estimate of drug-likeness (QED) is 0.716. The molecule has 62 valence electrons. The molecule has 0 spiro atoms. The zero-order valence-electron chi connectivity index (χ0n) is 6.94. The van der Waals surface area contributed by atoms with Gasteiger partial charge in [0, 0.05) is 24.3 Å². The summed E-state index contributed by atoms with van der Waals surface area (Å²) in [4.78, 5) is 7.18. The fourth-order valence-electron chi connectivity index (χ4n) is 1.26. The molecule has 2 aromatic heterocycles. The fourth-order valence-corrected chi connectivity index (χ4v) is 1.26. The standard InChI is InChI=1S/C9H11N3/c1-8(9-3-2-4-11-9)12-6-5-10-7-12/h2-8,11H,1H3. The molecule has 1 unspecified atom stereocenters. The minimum atomic E-state index is 0.336. The van der Waals surface area contributed by atoms with Gasteiger partial charge in [-0.25, -0.2) is 4.98 Å². The molecule has 2 heterocycles. The van der Waals surface area contributed by atoms with E-state index in [2.05, 4.69) is 27.5 Å². The number of imidazole rings is 1. The molecule has 0 saturated heterocycles. The zero-order chi connectivity index (χ0) is 8.39. The third-order valence-corrected chi connectivity index (χ3v) is 2.04. The summed E-state index contributed by atoms with van der Waals surface area (Å²) in [6.45, 7) is 2.13. The van der Waals surface area contributed by atoms with Crippen molar-refractivity contribution in [2.75, 3.05) is 0 Å². The normalized spacial score (nSPS) is 13.1. The van der Waals surface area contributed by atoms with E-state index in [4.69, 9.17) is 0 Å². The van der Waals surface area contributed by atoms with Crippen LogP contribution in [-0.2, 0) is 0 Å². The molecule has 0 fully saturated rings. The molecule has 0 amide bonds. The summed E-state index contributed by atoms with van der Waals surface area (Å²) in [6.07, 6.45) is 7.51. The Balaban J connectivity index is 2.27. The highest BCUT2D eigenvalue weighted by Crippen LogP contribution is 2.13. The van der Waals surface area contributed by atoms with Crippen LogP contribution in [0.5, 0.6) is 0 Å². The van der Waals surface area contributed by atoms with Crippen LogP contribution in [0, 0.1) is 0 Å². The molecule has 3 nitrogen and oxygen atoms in total. The lowest BCUT2D eigenvalue weighted by Crippen LogP contribution is -2.03. The van der Waals surface area contributed by atoms with Gasteiger partial charge in [-0.15, -0.1) is 0 Å². The van der Waals surface area contributed by atoms with Gasteiger partial charge in [0.1, 0.15) is 0 Å². The van der Waals surface area contributed by atoms with Crippen molar-refractivity contribution in [1.82, 2.24) is 14.5 Å². The van der Waals surface area contributed by atoms with E-state index in [0.29, 0.717) is 6.04 Å². The van der Waals surface area contributed by atoms with E-state index in [1.54, 1.807) is 6.20 Å². The van der Waals surface area contributed by atoms with Crippen LogP contribution < -0.4 is 0 Å². The summed E-state index contributed by atoms with van der Waals surface area (Å²) in [5, 5.41) is 0. The van der Waals surface area contributed by atoms with Crippen molar-refractivity contribution in [3.63, 3.8) is 0 Å². The lowest BCUT2D eigenvalue weighted by Gasteiger charge is -2.10. The summed E-state index contributed by atoms with van der Waals surface area (Å²) in [7, 11) is 0. The summed E-state index contributed by atoms with van der Waals surface area (Å²) in [5.74, 6) is 0. The molecule has 0 aliphatic heterocycles. The van der Waals surface area contributed by atoms with Gasteiger partial charge in [-0.3, -0.25) is 0 Å². The number of aromatic nitrogens is 3. The summed E-state index contributed by atoms with van der Waals surface area (Å²) < 4.78 is 2.06. The second-order valence-electron chi connectivity index (χ2n) is 2.81. The van der Waals surface area contributed by atoms with E-state index >= 15 is 0 Å². The molecular weight excluding hydrogens is 150 g/mol. The second-order valence-corrected chi connectivity index (χ2v) is 2.81. The molecule has 12 heavy (non-hydrogen) atoms. The van der Waals surface area contributed by atoms with Crippen molar-refractivity contribution in [3.8, 4) is 0 Å². The molecule has 0 radical (unpaired) electrons. The van der Waals surface area contributed by atoms with Crippen LogP contribution in [0.2, 0.25) is 0 Å². The van der Waals surface area contributed by atoms with Crippen LogP contribution in [0.4, 0.5) is 0 Å². The Bertz CT molecular complexity index is 286. The summed E-state index contributed by atoms with van der Waals surface area (Å²) >= 11 is 0. The molecule has 0 bridgehead atoms. The number of aromatic amines is 1. The van der Waals surface area contributed by atoms with Gasteiger partial charge in [0.15, 0.2) is 0 Å². The van der Waals surface area contributed by atoms with Crippen LogP contribution in [0.1, 0.15) is 18.7 Å². The van der Waals surface area contributed by atoms with Gasteiger partial charge >= 0.3 is 0 Å². The van der Waals surface area contributed by atoms with Gasteiger partial charge in [-0.2, -0.15) is 0 Å². The Morgan fingerprint density at radius 2 is 2.50 bits per heavy atom. The molecule has 3 heteroatoms. The van der Waals surface area contributed by atoms with E-state index in [-0.39, 0.29) is 0 Å². The van der Waals surface area contributed by atoms with E-state index < -0.39 is 0 Å². The van der Waals surface area contributed by atoms with Crippen molar-refractivity contribution in [2.24, 2.45) is 0 Å². The highest BCUT2D eigenvalue weighted by molar-refractivity contribution is 5.09. The first-order chi connectivity index (χ1) is 5.88. The van der Waals surface area contributed by atoms with Crippen molar-refractivity contribution < 1.29 is 0 Å². The maximum absolute atomic E-state index is 4.00. The van der Waals surface area contributed by atoms with Gasteiger partial charge < -0.3 is 9.55 Å². The number of rotatable bonds is 2. The Labute approximate surface area is 71.1 Å². The van der Waals surface area contributed by atoms with Crippen LogP contribution >= 0.6 is 0 Å². The first kappa shape index (κ1) is 7.16. The smallest absolute Gasteiger partial charge is 0.0952 e. The lowest BCUT2D eigenvalue weighted by molar-refractivity contribution is 0.624. The number of nitrogens with zero attached hydrogens (tertiary/aromatic N) is 2. The molecule has 0 aliphatic rings. The van der Waals surface area contributed by atoms with E-state index in [9.17, 15) is 0 Å². The third kappa shape index (κ3) is 1.13. The van der Waals surface area contributed by atoms with Crippen LogP contribution in [-0.4, -0.2) is 14.5 Å². The predicted molar refractivity (Wildman–Crippen MR) is 46.8 cm³/mol. The number of hydrogen-bond acceptors (Lipinski definition) is 1. The fraction of sp³-hybridized carbons (Fsp3) is 0.222. The van der Waals surface area contributed by atoms with E-state index in [1.165, 1.54) is 5.69 Å². The van der Waals surface area contributed by atoms with Crippen molar-refractivity contribution in [1.29, 1.82) is 0 Å². The van der Waals surface area contributed by atoms with Gasteiger partial charge in [-0.05, 0) is 19.1 Å². The van der Waals surface area contributed by atoms with Crippen LogP contribution in [0.3, 0.4) is 0 Å². The first-order valence-corrected chi connectivity index (χ1v) is 3.98. The minimum Gasteiger partial charge on any atom is -0.363 e. The average molecular weight is 161 g/mol. The second kappa shape index (κ2) is 2.85. The molecule has 2 rings (SSSR count). The van der Waals surface area contributed by atoms with Crippen molar-refractivity contribution in [3.05, 3.63) is 42.7 Å². The van der Waals surface area contributed by atoms with Crippen molar-refractivity contribution >= 4 is 0 Å². The minimum absolute atomic E-state index is 0.336. The lowest BCUT2D eigenvalue weighted by atomic mass is 10.2. The summed E-state index contributed by atoms with van der Waals surface area (Å²) in [6, 6.07) is 4.41. The van der Waals surface area contributed by atoms with Gasteiger partial charge in [-0.1, -0.05) is 0 Å². The molecule has 0 saturated carbocycles. The van der Waals surface area contributed by atoms with Crippen molar-refractivity contribution in [2.45, 2.75) is 13.0 Å². The number of H-pyrrole nitrogens is 1. The number of hydrogen-bond donors (Lipinski definition) is 1. The highest BCUT2D eigenvalue weighted by Gasteiger charge is 2.05. The maximum atomic E-state index is 4.00. The first-order valence-electron chi connectivity index (χ1n) is 3.98. The topological polar surface area (TPSA) is 33.6 Å². The Kier molecular flexibility index (Phi) is 1.70. The predicted octanol–water partition coefficient (Wildman–Crippen LogP) is 1.82. The van der Waals surface area contributed by atoms with E-state index in [0.717, 1.165) is 0 Å². The molecular formula is C9H11N3. The largest absolute Gasteiger partial charge is 0.363 e. The van der Waals surface area contributed by atoms with Crippen LogP contribution in [0.25, 0.3) is 0 Å². The average Bonchev–Trinajstić information content (AvgIpc) is 2.77. The molecule has 1 atom stereocenters. The Hall–Kier alpha value is -1.51. The highest BCUT2D eigenvalue weighted by atomic mass is 15.1. The van der Waals surface area contributed by atoms with Gasteiger partial charge in [0.25, 0.3) is 0 Å². The monoisotopic (exact) mass is 161 g/mol. The summed E-state index contributed by atoms with van der Waals surface area (Å²) in [5.41, 5.74) is 1.20. The van der Waals surface area contributed by atoms with Gasteiger partial charge in [0.05, 0.1) is 12.4 Å². The van der Waals surface area contributed by atoms with E-state index in [1.807, 2.05) is 24.8 Å². The Morgan fingerprint density at radius 3 is 3.08 bits per heavy atom. The SMILES string of the molecule is CC(c1ccc[nH]1)n1ccnc1.